The highest BCUT2D eigenvalue weighted by Gasteiger charge is 2.44. The molecular formula is C31H27BrClF6NO4. The van der Waals surface area contributed by atoms with Gasteiger partial charge in [-0.25, -0.2) is 0 Å². The van der Waals surface area contributed by atoms with Gasteiger partial charge in [0, 0.05) is 15.2 Å². The normalized spacial score (nSPS) is 15.0. The second-order valence-electron chi connectivity index (χ2n) is 10.4. The zero-order valence-corrected chi connectivity index (χ0v) is 26.0. The summed E-state index contributed by atoms with van der Waals surface area (Å²) in [4.78, 5) is 26.3. The summed E-state index contributed by atoms with van der Waals surface area (Å²) in [5, 5.41) is -0.0871. The lowest BCUT2D eigenvalue weighted by atomic mass is 9.92. The molecule has 0 radical (unpaired) electrons. The SMILES string of the molecule is CCOc1cc(Br)c(C(C(=O)OC(C)c2cc(Cl)cc(N(C(=O)C(F)(F)F)c3ccc(C(F)(F)F)cc3)c2)C2CC2)cc1C. The largest absolute Gasteiger partial charge is 0.494 e. The fraction of sp³-hybridized carbons (Fsp3) is 0.355. The van der Waals surface area contributed by atoms with Gasteiger partial charge in [-0.05, 0) is 105 Å². The molecule has 4 rings (SSSR count). The van der Waals surface area contributed by atoms with Gasteiger partial charge in [0.2, 0.25) is 0 Å². The summed E-state index contributed by atoms with van der Waals surface area (Å²) in [7, 11) is 0. The van der Waals surface area contributed by atoms with E-state index in [0.717, 1.165) is 36.6 Å². The first-order chi connectivity index (χ1) is 20.5. The molecule has 1 aliphatic rings. The van der Waals surface area contributed by atoms with Gasteiger partial charge in [-0.1, -0.05) is 33.6 Å². The number of ether oxygens (including phenoxy) is 2. The van der Waals surface area contributed by atoms with Gasteiger partial charge in [-0.3, -0.25) is 14.5 Å². The van der Waals surface area contributed by atoms with Gasteiger partial charge in [0.1, 0.15) is 11.9 Å². The highest BCUT2D eigenvalue weighted by atomic mass is 79.9. The van der Waals surface area contributed by atoms with Crippen molar-refractivity contribution in [3.63, 3.8) is 0 Å². The third-order valence-electron chi connectivity index (χ3n) is 7.10. The topological polar surface area (TPSA) is 55.8 Å². The maximum absolute atomic E-state index is 13.6. The number of hydrogen-bond acceptors (Lipinski definition) is 4. The molecule has 3 aromatic carbocycles. The molecule has 2 atom stereocenters. The Morgan fingerprint density at radius 1 is 1.00 bits per heavy atom. The number of rotatable bonds is 9. The van der Waals surface area contributed by atoms with Gasteiger partial charge in [-0.15, -0.1) is 0 Å². The molecule has 0 bridgehead atoms. The van der Waals surface area contributed by atoms with Gasteiger partial charge in [0.05, 0.1) is 23.8 Å². The van der Waals surface area contributed by atoms with E-state index in [9.17, 15) is 35.9 Å². The molecule has 0 aliphatic heterocycles. The maximum Gasteiger partial charge on any atom is 0.472 e. The Hall–Kier alpha value is -3.25. The van der Waals surface area contributed by atoms with Gasteiger partial charge < -0.3 is 9.47 Å². The summed E-state index contributed by atoms with van der Waals surface area (Å²) >= 11 is 9.77. The van der Waals surface area contributed by atoms with Crippen LogP contribution in [0.2, 0.25) is 5.02 Å². The van der Waals surface area contributed by atoms with Crippen molar-refractivity contribution in [3.8, 4) is 5.75 Å². The lowest BCUT2D eigenvalue weighted by molar-refractivity contribution is -0.169. The minimum atomic E-state index is -5.37. The van der Waals surface area contributed by atoms with E-state index in [4.69, 9.17) is 21.1 Å². The number of alkyl halides is 6. The first-order valence-electron chi connectivity index (χ1n) is 13.5. The molecule has 1 amide bonds. The van der Waals surface area contributed by atoms with Crippen LogP contribution in [-0.4, -0.2) is 24.7 Å². The van der Waals surface area contributed by atoms with Crippen LogP contribution in [0.5, 0.6) is 5.75 Å². The molecule has 3 aromatic rings. The summed E-state index contributed by atoms with van der Waals surface area (Å²) in [5.41, 5.74) is -0.240. The minimum Gasteiger partial charge on any atom is -0.494 e. The summed E-state index contributed by atoms with van der Waals surface area (Å²) < 4.78 is 92.3. The van der Waals surface area contributed by atoms with Crippen molar-refractivity contribution in [3.05, 3.63) is 86.3 Å². The molecule has 44 heavy (non-hydrogen) atoms. The Balaban J connectivity index is 1.66. The van der Waals surface area contributed by atoms with Gasteiger partial charge in [0.25, 0.3) is 0 Å². The molecule has 0 heterocycles. The molecule has 1 fully saturated rings. The highest BCUT2D eigenvalue weighted by Crippen LogP contribution is 2.47. The van der Waals surface area contributed by atoms with E-state index in [1.54, 1.807) is 6.07 Å². The first-order valence-corrected chi connectivity index (χ1v) is 14.7. The molecule has 5 nitrogen and oxygen atoms in total. The highest BCUT2D eigenvalue weighted by molar-refractivity contribution is 9.10. The Bertz CT molecular complexity index is 1540. The number of amides is 1. The zero-order chi connectivity index (χ0) is 32.6. The number of nitrogens with zero attached hydrogens (tertiary/aromatic N) is 1. The lowest BCUT2D eigenvalue weighted by Gasteiger charge is -2.26. The number of esters is 1. The molecule has 0 aromatic heterocycles. The monoisotopic (exact) mass is 705 g/mol. The summed E-state index contributed by atoms with van der Waals surface area (Å²) in [6.45, 7) is 5.68. The molecule has 1 saturated carbocycles. The van der Waals surface area contributed by atoms with E-state index in [1.807, 2.05) is 19.9 Å². The van der Waals surface area contributed by atoms with E-state index in [2.05, 4.69) is 15.9 Å². The van der Waals surface area contributed by atoms with Crippen molar-refractivity contribution in [2.45, 2.75) is 58.0 Å². The smallest absolute Gasteiger partial charge is 0.472 e. The molecular weight excluding hydrogens is 680 g/mol. The van der Waals surface area contributed by atoms with Crippen molar-refractivity contribution in [2.24, 2.45) is 5.92 Å². The van der Waals surface area contributed by atoms with Crippen molar-refractivity contribution < 1.29 is 45.4 Å². The van der Waals surface area contributed by atoms with E-state index >= 15 is 0 Å². The number of halogens is 8. The first kappa shape index (κ1) is 33.6. The molecule has 0 saturated heterocycles. The van der Waals surface area contributed by atoms with Crippen LogP contribution < -0.4 is 9.64 Å². The number of anilines is 2. The van der Waals surface area contributed by atoms with Crippen LogP contribution in [0.3, 0.4) is 0 Å². The van der Waals surface area contributed by atoms with Crippen molar-refractivity contribution in [1.29, 1.82) is 0 Å². The van der Waals surface area contributed by atoms with Crippen LogP contribution in [-0.2, 0) is 20.5 Å². The van der Waals surface area contributed by atoms with Crippen LogP contribution >= 0.6 is 27.5 Å². The molecule has 0 N–H and O–H groups in total. The molecule has 13 heteroatoms. The Kier molecular flexibility index (Phi) is 9.94. The van der Waals surface area contributed by atoms with Crippen molar-refractivity contribution in [1.82, 2.24) is 0 Å². The minimum absolute atomic E-state index is 0.0258. The average molecular weight is 707 g/mol. The van der Waals surface area contributed by atoms with Crippen LogP contribution in [0.15, 0.2) is 59.1 Å². The Morgan fingerprint density at radius 2 is 1.64 bits per heavy atom. The fourth-order valence-corrected chi connectivity index (χ4v) is 5.63. The van der Waals surface area contributed by atoms with E-state index in [1.165, 1.54) is 19.1 Å². The zero-order valence-electron chi connectivity index (χ0n) is 23.7. The number of carbonyl (C=O) groups is 2. The fourth-order valence-electron chi connectivity index (χ4n) is 4.82. The Labute approximate surface area is 263 Å². The number of carbonyl (C=O) groups excluding carboxylic acids is 2. The summed E-state index contributed by atoms with van der Waals surface area (Å²) in [6.07, 6.45) is -9.52. The molecule has 0 spiro atoms. The predicted molar refractivity (Wildman–Crippen MR) is 156 cm³/mol. The van der Waals surface area contributed by atoms with Gasteiger partial charge >= 0.3 is 24.2 Å². The summed E-state index contributed by atoms with van der Waals surface area (Å²) in [6, 6.07) is 9.90. The summed E-state index contributed by atoms with van der Waals surface area (Å²) in [5.74, 6) is -2.85. The standard InChI is InChI=1S/C31H27BrClF6NO4/c1-4-43-26-15-25(32)24(11-16(26)2)27(18-5-6-18)28(41)44-17(3)19-12-21(33)14-23(13-19)40(29(42)31(37,38)39)22-9-7-20(8-10-22)30(34,35)36/h7-15,17-18,27H,4-6H2,1-3H3. The average Bonchev–Trinajstić information content (AvgIpc) is 3.76. The van der Waals surface area contributed by atoms with E-state index in [-0.39, 0.29) is 27.1 Å². The van der Waals surface area contributed by atoms with Gasteiger partial charge in [0.15, 0.2) is 0 Å². The van der Waals surface area contributed by atoms with E-state index in [0.29, 0.717) is 34.5 Å². The van der Waals surface area contributed by atoms with Crippen molar-refractivity contribution in [2.75, 3.05) is 11.5 Å². The number of benzene rings is 3. The van der Waals surface area contributed by atoms with E-state index < -0.39 is 47.5 Å². The maximum atomic E-state index is 13.6. The number of hydrogen-bond donors (Lipinski definition) is 0. The lowest BCUT2D eigenvalue weighted by Crippen LogP contribution is -2.38. The van der Waals surface area contributed by atoms with Crippen LogP contribution in [0.25, 0.3) is 0 Å². The number of aryl methyl sites for hydroxylation is 1. The predicted octanol–water partition coefficient (Wildman–Crippen LogP) is 9.85. The third kappa shape index (κ3) is 7.69. The van der Waals surface area contributed by atoms with Crippen LogP contribution in [0.4, 0.5) is 37.7 Å². The van der Waals surface area contributed by atoms with Crippen LogP contribution in [0.1, 0.15) is 61.0 Å². The molecule has 236 valence electrons. The quantitative estimate of drug-likeness (QED) is 0.164. The molecule has 2 unspecified atom stereocenters. The third-order valence-corrected chi connectivity index (χ3v) is 8.01. The second-order valence-corrected chi connectivity index (χ2v) is 11.7. The Morgan fingerprint density at radius 3 is 2.18 bits per heavy atom. The van der Waals surface area contributed by atoms with Crippen LogP contribution in [0, 0.1) is 12.8 Å². The molecule has 1 aliphatic carbocycles. The second kappa shape index (κ2) is 13.0. The van der Waals surface area contributed by atoms with Gasteiger partial charge in [-0.2, -0.15) is 26.3 Å². The van der Waals surface area contributed by atoms with Crippen molar-refractivity contribution >= 4 is 50.8 Å².